The fourth-order valence-corrected chi connectivity index (χ4v) is 3.81. The summed E-state index contributed by atoms with van der Waals surface area (Å²) in [6.07, 6.45) is 2.92. The predicted octanol–water partition coefficient (Wildman–Crippen LogP) is 4.47. The topological polar surface area (TPSA) is 101 Å². The number of aryl methyl sites for hydroxylation is 2. The molecule has 3 rings (SSSR count). The third-order valence-corrected chi connectivity index (χ3v) is 5.86. The van der Waals surface area contributed by atoms with E-state index < -0.39 is 10.0 Å². The standard InChI is InChI=1S/C21H19BrN4O3S/c1-14-13-15(2)25-21(24-14)26-30(28,29)19-9-7-18(8-10-19)23-12-11-20(27)16-3-5-17(22)6-4-16/h3-13,23H,1-2H3,(H,24,25,26)/b12-11+. The Morgan fingerprint density at radius 2 is 1.57 bits per heavy atom. The van der Waals surface area contributed by atoms with E-state index in [1.165, 1.54) is 24.4 Å². The molecule has 154 valence electrons. The molecule has 1 aromatic heterocycles. The Kier molecular flexibility index (Phi) is 6.63. The first kappa shape index (κ1) is 21.7. The lowest BCUT2D eigenvalue weighted by atomic mass is 10.1. The highest BCUT2D eigenvalue weighted by atomic mass is 79.9. The zero-order valence-electron chi connectivity index (χ0n) is 16.3. The Bertz CT molecular complexity index is 1170. The molecule has 0 saturated carbocycles. The Balaban J connectivity index is 1.65. The zero-order valence-corrected chi connectivity index (χ0v) is 18.7. The van der Waals surface area contributed by atoms with E-state index in [9.17, 15) is 13.2 Å². The van der Waals surface area contributed by atoms with Gasteiger partial charge in [-0.15, -0.1) is 0 Å². The number of carbonyl (C=O) groups excluding carboxylic acids is 1. The van der Waals surface area contributed by atoms with Gasteiger partial charge in [0.15, 0.2) is 5.78 Å². The number of aromatic nitrogens is 2. The van der Waals surface area contributed by atoms with Crippen LogP contribution in [0.4, 0.5) is 11.6 Å². The lowest BCUT2D eigenvalue weighted by Crippen LogP contribution is -2.15. The lowest BCUT2D eigenvalue weighted by molar-refractivity contribution is 0.104. The molecule has 0 amide bonds. The molecule has 0 saturated heterocycles. The second-order valence-corrected chi connectivity index (χ2v) is 9.05. The molecule has 7 nitrogen and oxygen atoms in total. The summed E-state index contributed by atoms with van der Waals surface area (Å²) in [5.74, 6) is -0.115. The van der Waals surface area contributed by atoms with Crippen LogP contribution in [0.1, 0.15) is 21.7 Å². The number of nitrogens with zero attached hydrogens (tertiary/aromatic N) is 2. The van der Waals surface area contributed by atoms with E-state index in [0.29, 0.717) is 22.6 Å². The maximum Gasteiger partial charge on any atom is 0.264 e. The number of hydrogen-bond acceptors (Lipinski definition) is 6. The maximum atomic E-state index is 12.5. The normalized spacial score (nSPS) is 11.4. The molecule has 30 heavy (non-hydrogen) atoms. The largest absolute Gasteiger partial charge is 0.362 e. The highest BCUT2D eigenvalue weighted by Crippen LogP contribution is 2.17. The first-order valence-electron chi connectivity index (χ1n) is 8.91. The summed E-state index contributed by atoms with van der Waals surface area (Å²) in [5, 5.41) is 2.95. The number of ketones is 1. The van der Waals surface area contributed by atoms with Crippen molar-refractivity contribution >= 4 is 43.4 Å². The van der Waals surface area contributed by atoms with Gasteiger partial charge < -0.3 is 5.32 Å². The minimum absolute atomic E-state index is 0.0316. The third-order valence-electron chi connectivity index (χ3n) is 3.99. The van der Waals surface area contributed by atoms with Crippen LogP contribution in [-0.4, -0.2) is 24.2 Å². The quantitative estimate of drug-likeness (QED) is 0.377. The van der Waals surface area contributed by atoms with Gasteiger partial charge in [-0.25, -0.2) is 23.1 Å². The molecule has 0 atom stereocenters. The van der Waals surface area contributed by atoms with Crippen molar-refractivity contribution in [1.82, 2.24) is 9.97 Å². The van der Waals surface area contributed by atoms with Crippen molar-refractivity contribution in [2.45, 2.75) is 18.7 Å². The second kappa shape index (κ2) is 9.19. The molecule has 2 N–H and O–H groups in total. The Morgan fingerprint density at radius 3 is 2.17 bits per heavy atom. The predicted molar refractivity (Wildman–Crippen MR) is 120 cm³/mol. The van der Waals surface area contributed by atoms with Gasteiger partial charge in [-0.1, -0.05) is 15.9 Å². The van der Waals surface area contributed by atoms with Crippen LogP contribution in [-0.2, 0) is 10.0 Å². The Labute approximate surface area is 183 Å². The molecule has 0 aliphatic rings. The molecular formula is C21H19BrN4O3S. The number of sulfonamides is 1. The molecular weight excluding hydrogens is 468 g/mol. The van der Waals surface area contributed by atoms with E-state index in [4.69, 9.17) is 0 Å². The van der Waals surface area contributed by atoms with Gasteiger partial charge in [-0.3, -0.25) is 4.79 Å². The molecule has 0 spiro atoms. The van der Waals surface area contributed by atoms with E-state index in [-0.39, 0.29) is 16.6 Å². The van der Waals surface area contributed by atoms with Crippen molar-refractivity contribution in [2.24, 2.45) is 0 Å². The summed E-state index contributed by atoms with van der Waals surface area (Å²) in [6, 6.07) is 14.9. The fourth-order valence-electron chi connectivity index (χ4n) is 2.60. The van der Waals surface area contributed by atoms with Crippen molar-refractivity contribution in [3.8, 4) is 0 Å². The molecule has 0 fully saturated rings. The summed E-state index contributed by atoms with van der Waals surface area (Å²) in [4.78, 5) is 20.4. The lowest BCUT2D eigenvalue weighted by Gasteiger charge is -2.08. The van der Waals surface area contributed by atoms with Crippen molar-refractivity contribution in [2.75, 3.05) is 10.0 Å². The van der Waals surface area contributed by atoms with Crippen LogP contribution in [0, 0.1) is 13.8 Å². The van der Waals surface area contributed by atoms with Crippen LogP contribution in [0.25, 0.3) is 0 Å². The molecule has 0 bridgehead atoms. The molecule has 3 aromatic rings. The average molecular weight is 487 g/mol. The molecule has 0 unspecified atom stereocenters. The minimum Gasteiger partial charge on any atom is -0.362 e. The van der Waals surface area contributed by atoms with Gasteiger partial charge in [0.1, 0.15) is 0 Å². The summed E-state index contributed by atoms with van der Waals surface area (Å²) in [7, 11) is -3.82. The monoisotopic (exact) mass is 486 g/mol. The van der Waals surface area contributed by atoms with E-state index in [0.717, 1.165) is 4.47 Å². The Hall–Kier alpha value is -3.04. The van der Waals surface area contributed by atoms with Gasteiger partial charge in [-0.05, 0) is 68.4 Å². The van der Waals surface area contributed by atoms with E-state index >= 15 is 0 Å². The number of benzene rings is 2. The van der Waals surface area contributed by atoms with Gasteiger partial charge in [0.05, 0.1) is 4.90 Å². The number of rotatable bonds is 7. The second-order valence-electron chi connectivity index (χ2n) is 6.45. The van der Waals surface area contributed by atoms with Crippen molar-refractivity contribution in [1.29, 1.82) is 0 Å². The zero-order chi connectivity index (χ0) is 21.7. The SMILES string of the molecule is Cc1cc(C)nc(NS(=O)(=O)c2ccc(N/C=C/C(=O)c3ccc(Br)cc3)cc2)n1. The Morgan fingerprint density at radius 1 is 0.967 bits per heavy atom. The van der Waals surface area contributed by atoms with Crippen LogP contribution in [0.5, 0.6) is 0 Å². The van der Waals surface area contributed by atoms with Crippen molar-refractivity contribution in [3.05, 3.63) is 88.3 Å². The van der Waals surface area contributed by atoms with Crippen LogP contribution in [0.3, 0.4) is 0 Å². The minimum atomic E-state index is -3.82. The molecule has 0 aliphatic heterocycles. The summed E-state index contributed by atoms with van der Waals surface area (Å²) in [5.41, 5.74) is 2.54. The number of carbonyl (C=O) groups is 1. The number of allylic oxidation sites excluding steroid dienone is 1. The molecule has 9 heteroatoms. The van der Waals surface area contributed by atoms with Crippen LogP contribution < -0.4 is 10.0 Å². The van der Waals surface area contributed by atoms with Gasteiger partial charge in [-0.2, -0.15) is 0 Å². The van der Waals surface area contributed by atoms with Gasteiger partial charge in [0.2, 0.25) is 5.95 Å². The first-order chi connectivity index (χ1) is 14.2. The smallest absolute Gasteiger partial charge is 0.264 e. The third kappa shape index (κ3) is 5.74. The summed E-state index contributed by atoms with van der Waals surface area (Å²) >= 11 is 3.33. The van der Waals surface area contributed by atoms with E-state index in [1.807, 2.05) is 0 Å². The molecule has 0 radical (unpaired) electrons. The number of hydrogen-bond donors (Lipinski definition) is 2. The van der Waals surface area contributed by atoms with E-state index in [1.54, 1.807) is 56.3 Å². The van der Waals surface area contributed by atoms with Gasteiger partial charge in [0, 0.05) is 39.4 Å². The highest BCUT2D eigenvalue weighted by molar-refractivity contribution is 9.10. The first-order valence-corrected chi connectivity index (χ1v) is 11.2. The number of nitrogens with one attached hydrogen (secondary N) is 2. The van der Waals surface area contributed by atoms with Gasteiger partial charge >= 0.3 is 0 Å². The summed E-state index contributed by atoms with van der Waals surface area (Å²) < 4.78 is 28.4. The van der Waals surface area contributed by atoms with Crippen LogP contribution >= 0.6 is 15.9 Å². The molecule has 0 aliphatic carbocycles. The van der Waals surface area contributed by atoms with Crippen LogP contribution in [0.15, 0.2) is 76.2 Å². The van der Waals surface area contributed by atoms with Crippen molar-refractivity contribution < 1.29 is 13.2 Å². The van der Waals surface area contributed by atoms with Gasteiger partial charge in [0.25, 0.3) is 10.0 Å². The maximum absolute atomic E-state index is 12.5. The highest BCUT2D eigenvalue weighted by Gasteiger charge is 2.16. The summed E-state index contributed by atoms with van der Waals surface area (Å²) in [6.45, 7) is 3.53. The fraction of sp³-hybridized carbons (Fsp3) is 0.0952. The molecule has 1 heterocycles. The van der Waals surface area contributed by atoms with E-state index in [2.05, 4.69) is 35.9 Å². The number of halogens is 1. The number of anilines is 2. The average Bonchev–Trinajstić information content (AvgIpc) is 2.67. The van der Waals surface area contributed by atoms with Crippen LogP contribution in [0.2, 0.25) is 0 Å². The molecule has 2 aromatic carbocycles. The van der Waals surface area contributed by atoms with Crippen molar-refractivity contribution in [3.63, 3.8) is 0 Å².